The SMILES string of the molecule is Cc1cc(C(C)NC(=O)c2c(C(F)F)nn(C)c2Oc2cccc(C=O)c2)ccc1C(=O)O. The van der Waals surface area contributed by atoms with Crippen LogP contribution in [0, 0.1) is 6.92 Å². The van der Waals surface area contributed by atoms with Crippen molar-refractivity contribution in [1.82, 2.24) is 15.1 Å². The summed E-state index contributed by atoms with van der Waals surface area (Å²) in [6.45, 7) is 3.26. The van der Waals surface area contributed by atoms with Gasteiger partial charge in [-0.05, 0) is 43.2 Å². The van der Waals surface area contributed by atoms with Crippen molar-refractivity contribution in [3.8, 4) is 11.6 Å². The highest BCUT2D eigenvalue weighted by Crippen LogP contribution is 2.33. The fourth-order valence-electron chi connectivity index (χ4n) is 3.32. The van der Waals surface area contributed by atoms with Crippen LogP contribution in [0.15, 0.2) is 42.5 Å². The number of aromatic carboxylic acids is 1. The largest absolute Gasteiger partial charge is 0.478 e. The van der Waals surface area contributed by atoms with Gasteiger partial charge in [-0.3, -0.25) is 9.59 Å². The Kier molecular flexibility index (Phi) is 6.86. The van der Waals surface area contributed by atoms with Gasteiger partial charge < -0.3 is 15.2 Å². The zero-order valence-electron chi connectivity index (χ0n) is 18.0. The lowest BCUT2D eigenvalue weighted by atomic mass is 10.0. The maximum Gasteiger partial charge on any atom is 0.335 e. The number of carboxylic acids is 1. The average molecular weight is 457 g/mol. The van der Waals surface area contributed by atoms with Crippen molar-refractivity contribution in [2.75, 3.05) is 0 Å². The number of carbonyl (C=O) groups excluding carboxylic acids is 2. The van der Waals surface area contributed by atoms with Crippen LogP contribution in [0.2, 0.25) is 0 Å². The zero-order chi connectivity index (χ0) is 24.3. The van der Waals surface area contributed by atoms with Gasteiger partial charge in [0.05, 0.1) is 11.6 Å². The molecule has 33 heavy (non-hydrogen) atoms. The lowest BCUT2D eigenvalue weighted by Gasteiger charge is -2.16. The third kappa shape index (κ3) is 5.05. The van der Waals surface area contributed by atoms with E-state index in [4.69, 9.17) is 4.74 Å². The molecule has 1 heterocycles. The molecule has 0 fully saturated rings. The number of benzene rings is 2. The Balaban J connectivity index is 1.93. The summed E-state index contributed by atoms with van der Waals surface area (Å²) in [5, 5.41) is 15.6. The summed E-state index contributed by atoms with van der Waals surface area (Å²) < 4.78 is 34.0. The first-order valence-electron chi connectivity index (χ1n) is 9.85. The number of amides is 1. The highest BCUT2D eigenvalue weighted by atomic mass is 19.3. The monoisotopic (exact) mass is 457 g/mol. The number of carbonyl (C=O) groups is 3. The van der Waals surface area contributed by atoms with Crippen LogP contribution in [0.3, 0.4) is 0 Å². The van der Waals surface area contributed by atoms with Crippen molar-refractivity contribution in [3.05, 3.63) is 76.0 Å². The van der Waals surface area contributed by atoms with E-state index in [-0.39, 0.29) is 17.2 Å². The molecule has 1 atom stereocenters. The topological polar surface area (TPSA) is 111 Å². The average Bonchev–Trinajstić information content (AvgIpc) is 3.09. The molecule has 3 aromatic rings. The van der Waals surface area contributed by atoms with E-state index in [0.29, 0.717) is 23.0 Å². The van der Waals surface area contributed by atoms with Crippen molar-refractivity contribution in [1.29, 1.82) is 0 Å². The molecule has 0 saturated carbocycles. The summed E-state index contributed by atoms with van der Waals surface area (Å²) in [7, 11) is 1.36. The molecule has 1 amide bonds. The number of nitrogens with one attached hydrogen (secondary N) is 1. The highest BCUT2D eigenvalue weighted by molar-refractivity contribution is 5.98. The Bertz CT molecular complexity index is 1220. The fourth-order valence-corrected chi connectivity index (χ4v) is 3.32. The molecule has 0 bridgehead atoms. The molecule has 3 rings (SSSR count). The quantitative estimate of drug-likeness (QED) is 0.483. The normalized spacial score (nSPS) is 11.8. The number of hydrogen-bond donors (Lipinski definition) is 2. The number of halogens is 2. The van der Waals surface area contributed by atoms with Crippen LogP contribution in [0.1, 0.15) is 67.3 Å². The van der Waals surface area contributed by atoms with Crippen LogP contribution < -0.4 is 10.1 Å². The van der Waals surface area contributed by atoms with Crippen molar-refractivity contribution >= 4 is 18.2 Å². The van der Waals surface area contributed by atoms with E-state index in [9.17, 15) is 28.3 Å². The smallest absolute Gasteiger partial charge is 0.335 e. The first-order chi connectivity index (χ1) is 15.6. The molecule has 2 aromatic carbocycles. The van der Waals surface area contributed by atoms with Gasteiger partial charge in [-0.15, -0.1) is 0 Å². The lowest BCUT2D eigenvalue weighted by molar-refractivity contribution is 0.0695. The van der Waals surface area contributed by atoms with Gasteiger partial charge in [0.15, 0.2) is 0 Å². The van der Waals surface area contributed by atoms with Gasteiger partial charge in [-0.2, -0.15) is 5.10 Å². The maximum absolute atomic E-state index is 13.7. The third-order valence-corrected chi connectivity index (χ3v) is 4.99. The number of nitrogens with zero attached hydrogens (tertiary/aromatic N) is 2. The second-order valence-electron chi connectivity index (χ2n) is 7.36. The van der Waals surface area contributed by atoms with E-state index in [1.165, 1.54) is 25.2 Å². The van der Waals surface area contributed by atoms with Gasteiger partial charge in [-0.25, -0.2) is 18.3 Å². The van der Waals surface area contributed by atoms with E-state index in [2.05, 4.69) is 10.4 Å². The number of aldehydes is 1. The number of hydrogen-bond acceptors (Lipinski definition) is 5. The molecule has 10 heteroatoms. The fraction of sp³-hybridized carbons (Fsp3) is 0.217. The summed E-state index contributed by atoms with van der Waals surface area (Å²) in [5.74, 6) is -1.96. The minimum atomic E-state index is -3.04. The van der Waals surface area contributed by atoms with Crippen LogP contribution in [0.4, 0.5) is 8.78 Å². The summed E-state index contributed by atoms with van der Waals surface area (Å²) in [6, 6.07) is 9.94. The minimum absolute atomic E-state index is 0.123. The van der Waals surface area contributed by atoms with Crippen molar-refractivity contribution in [3.63, 3.8) is 0 Å². The van der Waals surface area contributed by atoms with Crippen LogP contribution in [-0.4, -0.2) is 33.0 Å². The number of rotatable bonds is 8. The van der Waals surface area contributed by atoms with E-state index < -0.39 is 35.6 Å². The lowest BCUT2D eigenvalue weighted by Crippen LogP contribution is -2.27. The van der Waals surface area contributed by atoms with Gasteiger partial charge in [-0.1, -0.05) is 24.3 Å². The zero-order valence-corrected chi connectivity index (χ0v) is 18.0. The summed E-state index contributed by atoms with van der Waals surface area (Å²) in [5.41, 5.74) is 0.335. The van der Waals surface area contributed by atoms with Gasteiger partial charge >= 0.3 is 5.97 Å². The Hall–Kier alpha value is -4.08. The van der Waals surface area contributed by atoms with Crippen molar-refractivity contribution < 1.29 is 33.0 Å². The summed E-state index contributed by atoms with van der Waals surface area (Å²) in [4.78, 5) is 35.3. The molecular formula is C23H21F2N3O5. The number of alkyl halides is 2. The predicted octanol–water partition coefficient (Wildman–Crippen LogP) is 4.46. The molecule has 0 spiro atoms. The van der Waals surface area contributed by atoms with Gasteiger partial charge in [0.1, 0.15) is 23.3 Å². The van der Waals surface area contributed by atoms with Crippen LogP contribution in [-0.2, 0) is 7.05 Å². The summed E-state index contributed by atoms with van der Waals surface area (Å²) in [6.07, 6.45) is -2.43. The Morgan fingerprint density at radius 1 is 1.21 bits per heavy atom. The standard InChI is InChI=1S/C23H21F2N3O5/c1-12-9-15(7-8-17(12)23(31)32)13(2)26-21(30)18-19(20(24)25)27-28(3)22(18)33-16-6-4-5-14(10-16)11-29/h4-11,13,20H,1-3H3,(H,26,30)(H,31,32). The van der Waals surface area contributed by atoms with Crippen LogP contribution in [0.5, 0.6) is 11.6 Å². The molecule has 0 aliphatic carbocycles. The van der Waals surface area contributed by atoms with Gasteiger partial charge in [0, 0.05) is 12.6 Å². The molecule has 0 saturated heterocycles. The molecule has 1 aromatic heterocycles. The maximum atomic E-state index is 13.7. The molecule has 8 nitrogen and oxygen atoms in total. The Labute approximate surface area is 187 Å². The minimum Gasteiger partial charge on any atom is -0.478 e. The first kappa shape index (κ1) is 23.6. The van der Waals surface area contributed by atoms with Gasteiger partial charge in [0.2, 0.25) is 5.88 Å². The first-order valence-corrected chi connectivity index (χ1v) is 9.85. The molecule has 0 aliphatic heterocycles. The highest BCUT2D eigenvalue weighted by Gasteiger charge is 2.30. The van der Waals surface area contributed by atoms with E-state index >= 15 is 0 Å². The second kappa shape index (κ2) is 9.60. The molecular weight excluding hydrogens is 436 g/mol. The number of aryl methyl sites for hydroxylation is 2. The van der Waals surface area contributed by atoms with Crippen molar-refractivity contribution in [2.45, 2.75) is 26.3 Å². The van der Waals surface area contributed by atoms with E-state index in [1.54, 1.807) is 38.1 Å². The molecule has 172 valence electrons. The Morgan fingerprint density at radius 3 is 2.55 bits per heavy atom. The predicted molar refractivity (Wildman–Crippen MR) is 114 cm³/mol. The molecule has 2 N–H and O–H groups in total. The molecule has 0 aliphatic rings. The van der Waals surface area contributed by atoms with Crippen LogP contribution >= 0.6 is 0 Å². The number of carboxylic acid groups (broad SMARTS) is 1. The number of aromatic nitrogens is 2. The second-order valence-corrected chi connectivity index (χ2v) is 7.36. The summed E-state index contributed by atoms with van der Waals surface area (Å²) >= 11 is 0. The van der Waals surface area contributed by atoms with Crippen molar-refractivity contribution in [2.24, 2.45) is 7.05 Å². The molecule has 1 unspecified atom stereocenters. The van der Waals surface area contributed by atoms with E-state index in [0.717, 1.165) is 4.68 Å². The number of ether oxygens (including phenoxy) is 1. The van der Waals surface area contributed by atoms with E-state index in [1.807, 2.05) is 0 Å². The molecule has 0 radical (unpaired) electrons. The third-order valence-electron chi connectivity index (χ3n) is 4.99. The van der Waals surface area contributed by atoms with Gasteiger partial charge in [0.25, 0.3) is 12.3 Å². The van der Waals surface area contributed by atoms with Crippen LogP contribution in [0.25, 0.3) is 0 Å². The Morgan fingerprint density at radius 2 is 1.94 bits per heavy atom.